The van der Waals surface area contributed by atoms with E-state index in [-0.39, 0.29) is 0 Å². The highest BCUT2D eigenvalue weighted by molar-refractivity contribution is 5.46. The average molecular weight is 258 g/mol. The van der Waals surface area contributed by atoms with Gasteiger partial charge in [-0.15, -0.1) is 10.2 Å². The first kappa shape index (κ1) is 12.9. The lowest BCUT2D eigenvalue weighted by Gasteiger charge is -2.10. The minimum atomic E-state index is 0.291. The van der Waals surface area contributed by atoms with Crippen LogP contribution < -0.4 is 9.47 Å². The van der Waals surface area contributed by atoms with Gasteiger partial charge in [0.15, 0.2) is 17.3 Å². The van der Waals surface area contributed by atoms with Gasteiger partial charge in [0.2, 0.25) is 0 Å². The number of aryl methyl sites for hydroxylation is 1. The molecule has 2 rings (SSSR count). The van der Waals surface area contributed by atoms with Crippen LogP contribution in [0.5, 0.6) is 11.5 Å². The summed E-state index contributed by atoms with van der Waals surface area (Å²) < 4.78 is 12.7. The van der Waals surface area contributed by atoms with E-state index >= 15 is 0 Å². The molecule has 0 aliphatic carbocycles. The second-order valence-corrected chi connectivity index (χ2v) is 3.99. The Balaban J connectivity index is 2.16. The van der Waals surface area contributed by atoms with Gasteiger partial charge in [-0.3, -0.25) is 0 Å². The topological polar surface area (TPSA) is 73.0 Å². The molecule has 0 atom stereocenters. The van der Waals surface area contributed by atoms with E-state index in [0.717, 1.165) is 11.6 Å². The summed E-state index contributed by atoms with van der Waals surface area (Å²) in [6.07, 6.45) is 0. The highest BCUT2D eigenvalue weighted by atomic mass is 16.5. The lowest BCUT2D eigenvalue weighted by atomic mass is 10.2. The number of methoxy groups -OCH3 is 1. The largest absolute Gasteiger partial charge is 0.493 e. The molecule has 1 aromatic heterocycles. The first-order valence-corrected chi connectivity index (χ1v) is 5.71. The first-order valence-electron chi connectivity index (χ1n) is 5.71. The average Bonchev–Trinajstić information content (AvgIpc) is 2.76. The van der Waals surface area contributed by atoms with Gasteiger partial charge in [0.1, 0.15) is 12.4 Å². The minimum absolute atomic E-state index is 0.291. The summed E-state index contributed by atoms with van der Waals surface area (Å²) in [4.78, 5) is 0. The van der Waals surface area contributed by atoms with Gasteiger partial charge >= 0.3 is 0 Å². The normalized spacial score (nSPS) is 10.0. The molecule has 0 amide bonds. The summed E-state index contributed by atoms with van der Waals surface area (Å²) in [5.41, 5.74) is 0.527. The molecule has 6 nitrogen and oxygen atoms in total. The Morgan fingerprint density at radius 2 is 2.11 bits per heavy atom. The lowest BCUT2D eigenvalue weighted by molar-refractivity contribution is 0.272. The molecule has 0 saturated carbocycles. The van der Waals surface area contributed by atoms with Gasteiger partial charge in [-0.2, -0.15) is 5.26 Å². The smallest absolute Gasteiger partial charge is 0.170 e. The highest BCUT2D eigenvalue weighted by Crippen LogP contribution is 2.28. The van der Waals surface area contributed by atoms with E-state index in [1.165, 1.54) is 7.11 Å². The molecule has 0 radical (unpaired) electrons. The Morgan fingerprint density at radius 1 is 1.32 bits per heavy atom. The second kappa shape index (κ2) is 5.40. The molecule has 19 heavy (non-hydrogen) atoms. The fourth-order valence-corrected chi connectivity index (χ4v) is 1.58. The molecule has 6 heteroatoms. The molecule has 1 aromatic carbocycles. The van der Waals surface area contributed by atoms with Gasteiger partial charge < -0.3 is 14.0 Å². The number of rotatable bonds is 4. The number of benzene rings is 1. The Kier molecular flexibility index (Phi) is 3.66. The lowest BCUT2D eigenvalue weighted by Crippen LogP contribution is -2.05. The molecule has 0 bridgehead atoms. The van der Waals surface area contributed by atoms with Crippen LogP contribution in [-0.2, 0) is 13.7 Å². The van der Waals surface area contributed by atoms with Crippen molar-refractivity contribution in [3.05, 3.63) is 35.4 Å². The van der Waals surface area contributed by atoms with Crippen LogP contribution in [0.2, 0.25) is 0 Å². The van der Waals surface area contributed by atoms with Crippen molar-refractivity contribution in [2.45, 2.75) is 13.5 Å². The highest BCUT2D eigenvalue weighted by Gasteiger charge is 2.09. The second-order valence-electron chi connectivity index (χ2n) is 3.99. The van der Waals surface area contributed by atoms with Crippen molar-refractivity contribution in [2.24, 2.45) is 7.05 Å². The van der Waals surface area contributed by atoms with Crippen LogP contribution in [0.25, 0.3) is 0 Å². The quantitative estimate of drug-likeness (QED) is 0.832. The Morgan fingerprint density at radius 3 is 2.68 bits per heavy atom. The van der Waals surface area contributed by atoms with E-state index in [9.17, 15) is 0 Å². The summed E-state index contributed by atoms with van der Waals surface area (Å²) in [6.45, 7) is 2.17. The molecule has 0 fully saturated rings. The van der Waals surface area contributed by atoms with Gasteiger partial charge in [-0.05, 0) is 19.1 Å². The summed E-state index contributed by atoms with van der Waals surface area (Å²) in [5.74, 6) is 2.65. The Hall–Kier alpha value is -2.55. The predicted octanol–water partition coefficient (Wildman–Crippen LogP) is 1.58. The predicted molar refractivity (Wildman–Crippen MR) is 67.8 cm³/mol. The van der Waals surface area contributed by atoms with Crippen molar-refractivity contribution < 1.29 is 9.47 Å². The zero-order valence-electron chi connectivity index (χ0n) is 11.0. The molecular formula is C13H14N4O2. The Labute approximate surface area is 111 Å². The molecule has 0 spiro atoms. The standard InChI is InChI=1S/C13H14N4O2/c1-9-15-16-13(17(9)2)8-19-11-5-4-10(7-14)6-12(11)18-3/h4-6H,8H2,1-3H3. The van der Waals surface area contributed by atoms with Crippen LogP contribution in [0.4, 0.5) is 0 Å². The summed E-state index contributed by atoms with van der Waals surface area (Å²) in [7, 11) is 3.42. The fraction of sp³-hybridized carbons (Fsp3) is 0.308. The van der Waals surface area contributed by atoms with Crippen LogP contribution in [0.15, 0.2) is 18.2 Å². The van der Waals surface area contributed by atoms with Gasteiger partial charge in [-0.25, -0.2) is 0 Å². The summed E-state index contributed by atoms with van der Waals surface area (Å²) >= 11 is 0. The third-order valence-corrected chi connectivity index (χ3v) is 2.83. The maximum atomic E-state index is 8.83. The molecule has 0 saturated heterocycles. The molecule has 0 aliphatic rings. The number of nitriles is 1. The summed E-state index contributed by atoms with van der Waals surface area (Å²) in [5, 5.41) is 16.8. The van der Waals surface area contributed by atoms with Crippen molar-refractivity contribution in [3.8, 4) is 17.6 Å². The number of aromatic nitrogens is 3. The van der Waals surface area contributed by atoms with Crippen molar-refractivity contribution in [3.63, 3.8) is 0 Å². The van der Waals surface area contributed by atoms with Crippen LogP contribution >= 0.6 is 0 Å². The van der Waals surface area contributed by atoms with Crippen LogP contribution in [-0.4, -0.2) is 21.9 Å². The van der Waals surface area contributed by atoms with Crippen LogP contribution in [0.3, 0.4) is 0 Å². The molecule has 98 valence electrons. The SMILES string of the molecule is COc1cc(C#N)ccc1OCc1nnc(C)n1C. The minimum Gasteiger partial charge on any atom is -0.493 e. The van der Waals surface area contributed by atoms with Crippen molar-refractivity contribution in [2.75, 3.05) is 7.11 Å². The molecular weight excluding hydrogens is 244 g/mol. The number of ether oxygens (including phenoxy) is 2. The number of hydrogen-bond acceptors (Lipinski definition) is 5. The van der Waals surface area contributed by atoms with Crippen molar-refractivity contribution >= 4 is 0 Å². The van der Waals surface area contributed by atoms with E-state index in [1.54, 1.807) is 18.2 Å². The van der Waals surface area contributed by atoms with Gasteiger partial charge in [-0.1, -0.05) is 0 Å². The maximum absolute atomic E-state index is 8.83. The van der Waals surface area contributed by atoms with Crippen molar-refractivity contribution in [1.82, 2.24) is 14.8 Å². The first-order chi connectivity index (χ1) is 9.15. The van der Waals surface area contributed by atoms with E-state index < -0.39 is 0 Å². The molecule has 0 unspecified atom stereocenters. The van der Waals surface area contributed by atoms with E-state index in [4.69, 9.17) is 14.7 Å². The van der Waals surface area contributed by atoms with E-state index in [2.05, 4.69) is 16.3 Å². The number of nitrogens with zero attached hydrogens (tertiary/aromatic N) is 4. The molecule has 1 heterocycles. The van der Waals surface area contributed by atoms with Gasteiger partial charge in [0.25, 0.3) is 0 Å². The Bertz CT molecular complexity index is 628. The third-order valence-electron chi connectivity index (χ3n) is 2.83. The molecule has 0 N–H and O–H groups in total. The molecule has 2 aromatic rings. The fourth-order valence-electron chi connectivity index (χ4n) is 1.58. The molecule has 0 aliphatic heterocycles. The number of hydrogen-bond donors (Lipinski definition) is 0. The van der Waals surface area contributed by atoms with Gasteiger partial charge in [0, 0.05) is 13.1 Å². The van der Waals surface area contributed by atoms with Crippen LogP contribution in [0, 0.1) is 18.3 Å². The van der Waals surface area contributed by atoms with Crippen molar-refractivity contribution in [1.29, 1.82) is 5.26 Å². The van der Waals surface area contributed by atoms with E-state index in [0.29, 0.717) is 23.7 Å². The third kappa shape index (κ3) is 2.65. The van der Waals surface area contributed by atoms with Crippen LogP contribution in [0.1, 0.15) is 17.2 Å². The van der Waals surface area contributed by atoms with E-state index in [1.807, 2.05) is 18.5 Å². The zero-order valence-corrected chi connectivity index (χ0v) is 11.0. The monoisotopic (exact) mass is 258 g/mol. The van der Waals surface area contributed by atoms with Gasteiger partial charge in [0.05, 0.1) is 18.7 Å². The maximum Gasteiger partial charge on any atom is 0.170 e. The zero-order chi connectivity index (χ0) is 13.8. The summed E-state index contributed by atoms with van der Waals surface area (Å²) in [6, 6.07) is 7.08.